The Morgan fingerprint density at radius 2 is 1.95 bits per heavy atom. The molecule has 8 nitrogen and oxygen atoms in total. The van der Waals surface area contributed by atoms with E-state index in [1.807, 2.05) is 19.2 Å². The van der Waals surface area contributed by atoms with Crippen LogP contribution in [0.2, 0.25) is 4.71 Å². The Kier molecular flexibility index (Phi) is 8.95. The third kappa shape index (κ3) is 6.50. The third-order valence-electron chi connectivity index (χ3n) is 8.06. The van der Waals surface area contributed by atoms with E-state index >= 15 is 0 Å². The van der Waals surface area contributed by atoms with Crippen LogP contribution in [0.3, 0.4) is 0 Å². The van der Waals surface area contributed by atoms with Crippen LogP contribution in [0.1, 0.15) is 56.6 Å². The second-order valence-corrected chi connectivity index (χ2v) is 14.1. The Bertz CT molecular complexity index is 1340. The van der Waals surface area contributed by atoms with Gasteiger partial charge in [-0.15, -0.1) is 0 Å². The van der Waals surface area contributed by atoms with Crippen molar-refractivity contribution in [3.05, 3.63) is 51.9 Å². The molecule has 3 heterocycles. The van der Waals surface area contributed by atoms with Crippen molar-refractivity contribution in [2.45, 2.75) is 81.0 Å². The second-order valence-electron chi connectivity index (χ2n) is 11.2. The Balaban J connectivity index is 1.41. The van der Waals surface area contributed by atoms with Crippen molar-refractivity contribution in [3.8, 4) is 11.4 Å². The Morgan fingerprint density at radius 1 is 1.21 bits per heavy atom. The van der Waals surface area contributed by atoms with E-state index in [9.17, 15) is 14.7 Å². The predicted molar refractivity (Wildman–Crippen MR) is 153 cm³/mol. The third-order valence-corrected chi connectivity index (χ3v) is 11.8. The first-order valence-corrected chi connectivity index (χ1v) is 16.9. The van der Waals surface area contributed by atoms with E-state index in [1.54, 1.807) is 18.5 Å². The molecule has 1 saturated carbocycles. The Morgan fingerprint density at radius 3 is 2.64 bits per heavy atom. The van der Waals surface area contributed by atoms with Crippen LogP contribution >= 0.6 is 0 Å². The molecule has 2 fully saturated rings. The minimum absolute atomic E-state index is 0.00304. The standard InChI is InChI=1S/C30H40AsN3O5/c1-19-14-23(18-33(3)29(19)36)28-32-25-15-22(8-9-26(25)34(28)17-21-10-12-38-13-11-21)16-31-27(20(2)35)30(37)39-24-6-4-5-7-24/h8-9,14-15,18,20-21,24,27,31,35H,4-7,10-13,16-17H2,1-3H3. The number of aromatic nitrogens is 3. The van der Waals surface area contributed by atoms with Crippen LogP contribution in [0.15, 0.2) is 35.3 Å². The molecule has 9 heteroatoms. The van der Waals surface area contributed by atoms with Gasteiger partial charge in [0, 0.05) is 0 Å². The summed E-state index contributed by atoms with van der Waals surface area (Å²) < 4.78 is 14.8. The van der Waals surface area contributed by atoms with E-state index in [0.29, 0.717) is 11.5 Å². The van der Waals surface area contributed by atoms with E-state index in [-0.39, 0.29) is 17.6 Å². The number of hydrogen-bond acceptors (Lipinski definition) is 6. The summed E-state index contributed by atoms with van der Waals surface area (Å²) in [5.74, 6) is 1.14. The van der Waals surface area contributed by atoms with E-state index < -0.39 is 26.6 Å². The molecule has 210 valence electrons. The van der Waals surface area contributed by atoms with E-state index in [0.717, 1.165) is 91.5 Å². The fourth-order valence-electron chi connectivity index (χ4n) is 5.80. The number of aliphatic hydroxyl groups excluding tert-OH is 1. The summed E-state index contributed by atoms with van der Waals surface area (Å²) in [5, 5.41) is 11.1. The first-order chi connectivity index (χ1) is 18.8. The molecule has 1 aromatic carbocycles. The molecule has 0 bridgehead atoms. The average molecular weight is 598 g/mol. The van der Waals surface area contributed by atoms with Crippen molar-refractivity contribution >= 4 is 32.8 Å². The topological polar surface area (TPSA) is 95.6 Å². The summed E-state index contributed by atoms with van der Waals surface area (Å²) in [4.78, 5) is 30.3. The molecule has 3 aromatic rings. The quantitative estimate of drug-likeness (QED) is 0.299. The number of fused-ring (bicyclic) bond motifs is 1. The van der Waals surface area contributed by atoms with Gasteiger partial charge in [-0.2, -0.15) is 0 Å². The molecule has 1 saturated heterocycles. The molecule has 0 amide bonds. The van der Waals surface area contributed by atoms with Crippen LogP contribution < -0.4 is 5.56 Å². The molecule has 3 atom stereocenters. The Labute approximate surface area is 236 Å². The molecule has 5 rings (SSSR count). The van der Waals surface area contributed by atoms with Gasteiger partial charge in [-0.3, -0.25) is 0 Å². The zero-order valence-corrected chi connectivity index (χ0v) is 25.3. The number of nitrogens with zero attached hydrogens (tertiary/aromatic N) is 3. The average Bonchev–Trinajstić information content (AvgIpc) is 3.55. The molecule has 1 aliphatic heterocycles. The van der Waals surface area contributed by atoms with Crippen molar-refractivity contribution < 1.29 is 19.4 Å². The maximum atomic E-state index is 12.8. The van der Waals surface area contributed by atoms with E-state index in [1.165, 1.54) is 0 Å². The van der Waals surface area contributed by atoms with Crippen molar-refractivity contribution in [2.24, 2.45) is 13.0 Å². The van der Waals surface area contributed by atoms with Crippen molar-refractivity contribution in [3.63, 3.8) is 0 Å². The summed E-state index contributed by atoms with van der Waals surface area (Å²) in [6, 6.07) is 8.32. The van der Waals surface area contributed by atoms with Gasteiger partial charge in [0.15, 0.2) is 0 Å². The zero-order valence-electron chi connectivity index (χ0n) is 23.2. The van der Waals surface area contributed by atoms with Gasteiger partial charge in [-0.25, -0.2) is 0 Å². The summed E-state index contributed by atoms with van der Waals surface area (Å²) >= 11 is -0.824. The van der Waals surface area contributed by atoms with Gasteiger partial charge in [0.2, 0.25) is 0 Å². The Hall–Kier alpha value is -2.41. The fraction of sp³-hybridized carbons (Fsp3) is 0.567. The SMILES string of the molecule is Cc1cc(-c2nc3cc(C[AsH]C(C(=O)OC4CCCC4)C(C)O)ccc3n2CC2CCOCC2)cn(C)c1=O. The first-order valence-electron chi connectivity index (χ1n) is 14.2. The van der Waals surface area contributed by atoms with Crippen LogP contribution in [-0.4, -0.2) is 66.4 Å². The molecular formula is C30H40AsN3O5. The van der Waals surface area contributed by atoms with Crippen molar-refractivity contribution in [1.29, 1.82) is 0 Å². The van der Waals surface area contributed by atoms with Gasteiger partial charge in [0.25, 0.3) is 0 Å². The number of benzene rings is 1. The number of imidazole rings is 1. The molecule has 0 spiro atoms. The number of rotatable bonds is 9. The molecule has 1 aliphatic carbocycles. The molecule has 3 unspecified atom stereocenters. The van der Waals surface area contributed by atoms with Crippen LogP contribution in [-0.2, 0) is 33.1 Å². The van der Waals surface area contributed by atoms with Crippen molar-refractivity contribution in [1.82, 2.24) is 14.1 Å². The number of hydrogen-bond donors (Lipinski definition) is 1. The number of ether oxygens (including phenoxy) is 2. The fourth-order valence-corrected chi connectivity index (χ4v) is 8.43. The van der Waals surface area contributed by atoms with Gasteiger partial charge >= 0.3 is 237 Å². The molecule has 0 radical (unpaired) electrons. The van der Waals surface area contributed by atoms with E-state index in [2.05, 4.69) is 22.8 Å². The first kappa shape index (κ1) is 28.1. The van der Waals surface area contributed by atoms with Crippen LogP contribution in [0, 0.1) is 12.8 Å². The summed E-state index contributed by atoms with van der Waals surface area (Å²) in [5.41, 5.74) is 4.72. The number of esters is 1. The van der Waals surface area contributed by atoms with E-state index in [4.69, 9.17) is 14.5 Å². The molecule has 2 aliphatic rings. The van der Waals surface area contributed by atoms with Crippen LogP contribution in [0.25, 0.3) is 22.4 Å². The number of aryl methyl sites for hydroxylation is 2. The summed E-state index contributed by atoms with van der Waals surface area (Å²) in [6.45, 7) is 5.96. The van der Waals surface area contributed by atoms with Gasteiger partial charge in [0.05, 0.1) is 0 Å². The molecular weight excluding hydrogens is 557 g/mol. The maximum absolute atomic E-state index is 12.8. The predicted octanol–water partition coefficient (Wildman–Crippen LogP) is 3.73. The summed E-state index contributed by atoms with van der Waals surface area (Å²) in [7, 11) is 1.78. The molecule has 39 heavy (non-hydrogen) atoms. The number of carbonyl (C=O) groups is 1. The number of pyridine rings is 1. The van der Waals surface area contributed by atoms with Crippen LogP contribution in [0.5, 0.6) is 0 Å². The minimum atomic E-state index is -0.824. The second kappa shape index (κ2) is 12.4. The van der Waals surface area contributed by atoms with Gasteiger partial charge < -0.3 is 0 Å². The normalized spacial score (nSPS) is 18.8. The van der Waals surface area contributed by atoms with Gasteiger partial charge in [-0.1, -0.05) is 0 Å². The molecule has 1 N–H and O–H groups in total. The monoisotopic (exact) mass is 597 g/mol. The summed E-state index contributed by atoms with van der Waals surface area (Å²) in [6.07, 6.45) is 7.30. The number of aliphatic hydroxyl groups is 1. The molecule has 2 aromatic heterocycles. The van der Waals surface area contributed by atoms with Crippen LogP contribution in [0.4, 0.5) is 0 Å². The number of carbonyl (C=O) groups excluding carboxylic acids is 1. The zero-order chi connectivity index (χ0) is 27.5. The van der Waals surface area contributed by atoms with Crippen molar-refractivity contribution in [2.75, 3.05) is 13.2 Å². The van der Waals surface area contributed by atoms with Gasteiger partial charge in [-0.05, 0) is 0 Å². The van der Waals surface area contributed by atoms with Gasteiger partial charge in [0.1, 0.15) is 0 Å².